The number of para-hydroxylation sites is 1. The summed E-state index contributed by atoms with van der Waals surface area (Å²) >= 11 is 0. The summed E-state index contributed by atoms with van der Waals surface area (Å²) in [6, 6.07) is 7.06. The molecule has 0 saturated carbocycles. The smallest absolute Gasteiger partial charge is 0.349 e. The van der Waals surface area contributed by atoms with E-state index in [1.807, 2.05) is 19.1 Å². The Balaban J connectivity index is 2.78. The van der Waals surface area contributed by atoms with Gasteiger partial charge in [-0.3, -0.25) is 4.79 Å². The second kappa shape index (κ2) is 3.81. The number of rotatable bonds is 1. The van der Waals surface area contributed by atoms with Gasteiger partial charge < -0.3 is 9.73 Å². The van der Waals surface area contributed by atoms with Crippen molar-refractivity contribution in [2.24, 2.45) is 0 Å². The highest BCUT2D eigenvalue weighted by Gasteiger charge is 2.12. The van der Waals surface area contributed by atoms with Gasteiger partial charge in [0.2, 0.25) is 0 Å². The summed E-state index contributed by atoms with van der Waals surface area (Å²) in [4.78, 5) is 23.0. The van der Waals surface area contributed by atoms with Gasteiger partial charge in [-0.25, -0.2) is 4.79 Å². The summed E-state index contributed by atoms with van der Waals surface area (Å²) in [6.45, 7) is 1.85. The maximum absolute atomic E-state index is 11.6. The van der Waals surface area contributed by atoms with Crippen molar-refractivity contribution >= 4 is 16.9 Å². The molecule has 1 aromatic carbocycles. The molecule has 0 fully saturated rings. The zero-order valence-electron chi connectivity index (χ0n) is 9.03. The number of hydrogen-bond acceptors (Lipinski definition) is 3. The van der Waals surface area contributed by atoms with E-state index in [0.29, 0.717) is 5.58 Å². The number of amides is 1. The Labute approximate surface area is 91.9 Å². The second-order valence-corrected chi connectivity index (χ2v) is 3.52. The number of fused-ring (bicyclic) bond motifs is 1. The molecule has 1 N–H and O–H groups in total. The van der Waals surface area contributed by atoms with Crippen LogP contribution in [0.2, 0.25) is 0 Å². The number of carbonyl (C=O) groups is 1. The van der Waals surface area contributed by atoms with Crippen LogP contribution in [0.5, 0.6) is 0 Å². The van der Waals surface area contributed by atoms with Gasteiger partial charge in [-0.2, -0.15) is 0 Å². The lowest BCUT2D eigenvalue weighted by Gasteiger charge is -2.02. The highest BCUT2D eigenvalue weighted by molar-refractivity contribution is 5.96. The van der Waals surface area contributed by atoms with Crippen LogP contribution in [-0.4, -0.2) is 13.0 Å². The molecule has 0 radical (unpaired) electrons. The topological polar surface area (TPSA) is 59.3 Å². The average Bonchev–Trinajstić information content (AvgIpc) is 2.29. The normalized spacial score (nSPS) is 10.4. The van der Waals surface area contributed by atoms with Gasteiger partial charge in [0.15, 0.2) is 0 Å². The van der Waals surface area contributed by atoms with Crippen LogP contribution in [0, 0.1) is 6.92 Å². The Bertz CT molecular complexity index is 613. The molecule has 16 heavy (non-hydrogen) atoms. The first-order valence-corrected chi connectivity index (χ1v) is 4.89. The molecule has 1 amide bonds. The van der Waals surface area contributed by atoms with Gasteiger partial charge in [0, 0.05) is 12.4 Å². The Morgan fingerprint density at radius 3 is 2.81 bits per heavy atom. The molecule has 82 valence electrons. The maximum Gasteiger partial charge on any atom is 0.349 e. The van der Waals surface area contributed by atoms with E-state index in [1.54, 1.807) is 12.1 Å². The first-order chi connectivity index (χ1) is 7.63. The van der Waals surface area contributed by atoms with Gasteiger partial charge >= 0.3 is 5.63 Å². The number of hydrogen-bond donors (Lipinski definition) is 1. The Morgan fingerprint density at radius 2 is 2.12 bits per heavy atom. The zero-order valence-corrected chi connectivity index (χ0v) is 9.03. The molecule has 0 aliphatic carbocycles. The van der Waals surface area contributed by atoms with Crippen LogP contribution >= 0.6 is 0 Å². The van der Waals surface area contributed by atoms with Crippen LogP contribution in [0.25, 0.3) is 11.0 Å². The average molecular weight is 217 g/mol. The second-order valence-electron chi connectivity index (χ2n) is 3.52. The van der Waals surface area contributed by atoms with Crippen molar-refractivity contribution in [3.8, 4) is 0 Å². The number of benzene rings is 1. The highest BCUT2D eigenvalue weighted by Crippen LogP contribution is 2.17. The van der Waals surface area contributed by atoms with Crippen LogP contribution in [0.3, 0.4) is 0 Å². The van der Waals surface area contributed by atoms with Crippen molar-refractivity contribution < 1.29 is 9.21 Å². The molecule has 2 rings (SSSR count). The fourth-order valence-corrected chi connectivity index (χ4v) is 1.58. The third-order valence-corrected chi connectivity index (χ3v) is 2.43. The van der Waals surface area contributed by atoms with Crippen LogP contribution < -0.4 is 10.9 Å². The van der Waals surface area contributed by atoms with E-state index in [9.17, 15) is 9.59 Å². The third-order valence-electron chi connectivity index (χ3n) is 2.43. The standard InChI is InChI=1S/C12H11NO3/c1-7-4-3-5-8-6-9(11(14)13-2)12(15)16-10(7)8/h3-6H,1-2H3,(H,13,14). The largest absolute Gasteiger partial charge is 0.422 e. The van der Waals surface area contributed by atoms with Crippen molar-refractivity contribution in [1.82, 2.24) is 5.32 Å². The van der Waals surface area contributed by atoms with E-state index in [1.165, 1.54) is 7.05 Å². The minimum atomic E-state index is -0.610. The molecule has 0 aliphatic heterocycles. The number of nitrogens with one attached hydrogen (secondary N) is 1. The van der Waals surface area contributed by atoms with E-state index < -0.39 is 11.5 Å². The van der Waals surface area contributed by atoms with Crippen LogP contribution in [0.4, 0.5) is 0 Å². The molecule has 1 aromatic heterocycles. The van der Waals surface area contributed by atoms with E-state index in [2.05, 4.69) is 5.32 Å². The SMILES string of the molecule is CNC(=O)c1cc2cccc(C)c2oc1=O. The number of carbonyl (C=O) groups excluding carboxylic acids is 1. The lowest BCUT2D eigenvalue weighted by molar-refractivity contribution is 0.0959. The summed E-state index contributed by atoms with van der Waals surface area (Å²) in [5, 5.41) is 3.15. The lowest BCUT2D eigenvalue weighted by atomic mass is 10.1. The molecule has 0 atom stereocenters. The third kappa shape index (κ3) is 1.58. The quantitative estimate of drug-likeness (QED) is 0.736. The predicted molar refractivity (Wildman–Crippen MR) is 60.6 cm³/mol. The molecule has 0 unspecified atom stereocenters. The molecule has 0 bridgehead atoms. The van der Waals surface area contributed by atoms with Crippen molar-refractivity contribution in [2.75, 3.05) is 7.05 Å². The van der Waals surface area contributed by atoms with E-state index in [0.717, 1.165) is 10.9 Å². The van der Waals surface area contributed by atoms with Gasteiger partial charge in [0.1, 0.15) is 11.1 Å². The highest BCUT2D eigenvalue weighted by atomic mass is 16.4. The number of aryl methyl sites for hydroxylation is 1. The summed E-state index contributed by atoms with van der Waals surface area (Å²) in [6.07, 6.45) is 0. The summed E-state index contributed by atoms with van der Waals surface area (Å²) in [7, 11) is 1.47. The molecular formula is C12H11NO3. The van der Waals surface area contributed by atoms with Crippen molar-refractivity contribution in [1.29, 1.82) is 0 Å². The Kier molecular flexibility index (Phi) is 2.48. The summed E-state index contributed by atoms with van der Waals surface area (Å²) < 4.78 is 5.13. The Morgan fingerprint density at radius 1 is 1.38 bits per heavy atom. The first-order valence-electron chi connectivity index (χ1n) is 4.89. The van der Waals surface area contributed by atoms with Gasteiger partial charge in [0.05, 0.1) is 0 Å². The molecule has 4 nitrogen and oxygen atoms in total. The fraction of sp³-hybridized carbons (Fsp3) is 0.167. The molecule has 0 spiro atoms. The van der Waals surface area contributed by atoms with Gasteiger partial charge in [0.25, 0.3) is 5.91 Å². The van der Waals surface area contributed by atoms with Gasteiger partial charge in [-0.15, -0.1) is 0 Å². The maximum atomic E-state index is 11.6. The molecule has 0 saturated heterocycles. The van der Waals surface area contributed by atoms with Gasteiger partial charge in [-0.1, -0.05) is 18.2 Å². The molecule has 2 aromatic rings. The minimum absolute atomic E-state index is 0.0283. The van der Waals surface area contributed by atoms with Crippen molar-refractivity contribution in [2.45, 2.75) is 6.92 Å². The van der Waals surface area contributed by atoms with Gasteiger partial charge in [-0.05, 0) is 18.6 Å². The predicted octanol–water partition coefficient (Wildman–Crippen LogP) is 1.46. The van der Waals surface area contributed by atoms with E-state index >= 15 is 0 Å². The van der Waals surface area contributed by atoms with E-state index in [-0.39, 0.29) is 5.56 Å². The van der Waals surface area contributed by atoms with Crippen molar-refractivity contribution in [3.05, 3.63) is 45.8 Å². The molecule has 1 heterocycles. The lowest BCUT2D eigenvalue weighted by Crippen LogP contribution is -2.24. The zero-order chi connectivity index (χ0) is 11.7. The minimum Gasteiger partial charge on any atom is -0.422 e. The van der Waals surface area contributed by atoms with Crippen LogP contribution in [0.15, 0.2) is 33.5 Å². The van der Waals surface area contributed by atoms with Crippen LogP contribution in [-0.2, 0) is 0 Å². The molecule has 0 aliphatic rings. The monoisotopic (exact) mass is 217 g/mol. The van der Waals surface area contributed by atoms with Crippen molar-refractivity contribution in [3.63, 3.8) is 0 Å². The fourth-order valence-electron chi connectivity index (χ4n) is 1.58. The molecular weight excluding hydrogens is 206 g/mol. The Hall–Kier alpha value is -2.10. The van der Waals surface area contributed by atoms with Crippen LogP contribution in [0.1, 0.15) is 15.9 Å². The molecule has 4 heteroatoms. The van der Waals surface area contributed by atoms with E-state index in [4.69, 9.17) is 4.42 Å². The first kappa shape index (κ1) is 10.4. The summed E-state index contributed by atoms with van der Waals surface area (Å²) in [5.41, 5.74) is 0.819. The summed E-state index contributed by atoms with van der Waals surface area (Å²) in [5.74, 6) is -0.433.